The number of oxazole rings is 1. The van der Waals surface area contributed by atoms with Gasteiger partial charge in [0.1, 0.15) is 11.3 Å². The second-order valence-electron chi connectivity index (χ2n) is 4.68. The molecular weight excluding hydrogens is 330 g/mol. The van der Waals surface area contributed by atoms with Gasteiger partial charge in [0.05, 0.1) is 0 Å². The number of aromatic nitrogens is 1. The Morgan fingerprint density at radius 1 is 1.04 bits per heavy atom. The molecule has 0 fully saturated rings. The van der Waals surface area contributed by atoms with Gasteiger partial charge in [0.2, 0.25) is 5.91 Å². The molecule has 4 N–H and O–H groups in total. The summed E-state index contributed by atoms with van der Waals surface area (Å²) in [4.78, 5) is 37.5. The first-order chi connectivity index (χ1) is 11.8. The fourth-order valence-electron chi connectivity index (χ4n) is 1.71. The summed E-state index contributed by atoms with van der Waals surface area (Å²) in [5.41, 5.74) is 1.10. The van der Waals surface area contributed by atoms with E-state index in [1.807, 2.05) is 0 Å². The van der Waals surface area contributed by atoms with Crippen molar-refractivity contribution in [2.45, 2.75) is 0 Å². The first kappa shape index (κ1) is 17.5. The van der Waals surface area contributed by atoms with Crippen molar-refractivity contribution in [3.05, 3.63) is 54.8 Å². The zero-order chi connectivity index (χ0) is 18.4. The van der Waals surface area contributed by atoms with Gasteiger partial charge in [-0.15, -0.1) is 0 Å². The van der Waals surface area contributed by atoms with Gasteiger partial charge in [-0.05, 0) is 24.3 Å². The fourth-order valence-corrected chi connectivity index (χ4v) is 1.71. The normalized spacial score (nSPS) is 11.0. The second kappa shape index (κ2) is 7.59. The number of carbonyl (C=O) groups excluding carboxylic acids is 2. The highest BCUT2D eigenvalue weighted by molar-refractivity contribution is 6.03. The lowest BCUT2D eigenvalue weighted by molar-refractivity contribution is -0.131. The number of nitrogens with zero attached hydrogens (tertiary/aromatic N) is 1. The maximum atomic E-state index is 11.6. The van der Waals surface area contributed by atoms with Crippen LogP contribution in [0.2, 0.25) is 0 Å². The lowest BCUT2D eigenvalue weighted by Crippen LogP contribution is -2.08. The van der Waals surface area contributed by atoms with Crippen LogP contribution in [0.25, 0.3) is 11.1 Å². The lowest BCUT2D eigenvalue weighted by Gasteiger charge is -2.00. The molecule has 0 atom stereocenters. The topological polar surface area (TPSA) is 142 Å². The number of allylic oxidation sites excluding steroid dienone is 1. The Hall–Kier alpha value is -3.88. The molecule has 1 aromatic heterocycles. The maximum absolute atomic E-state index is 11.6. The fraction of sp³-hybridized carbons (Fsp3) is 0. The number of carboxylic acids is 1. The predicted molar refractivity (Wildman–Crippen MR) is 89.0 cm³/mol. The summed E-state index contributed by atoms with van der Waals surface area (Å²) in [6, 6.07) is 4.48. The third-order valence-corrected chi connectivity index (χ3v) is 2.69. The molecule has 9 heteroatoms. The van der Waals surface area contributed by atoms with Crippen molar-refractivity contribution < 1.29 is 29.0 Å². The van der Waals surface area contributed by atoms with E-state index < -0.39 is 17.8 Å². The molecule has 0 bridgehead atoms. The van der Waals surface area contributed by atoms with Gasteiger partial charge in [0, 0.05) is 23.9 Å². The quantitative estimate of drug-likeness (QED) is 0.357. The minimum Gasteiger partial charge on any atom is -0.509 e. The molecule has 1 aromatic carbocycles. The van der Waals surface area contributed by atoms with Crippen LogP contribution in [-0.2, 0) is 14.4 Å². The van der Waals surface area contributed by atoms with Crippen molar-refractivity contribution in [1.82, 2.24) is 4.98 Å². The molecule has 0 saturated heterocycles. The number of benzene rings is 1. The molecule has 0 unspecified atom stereocenters. The number of carboxylic acid groups (broad SMARTS) is 1. The number of aliphatic hydroxyl groups excluding tert-OH is 1. The zero-order valence-corrected chi connectivity index (χ0v) is 12.7. The predicted octanol–water partition coefficient (Wildman–Crippen LogP) is 1.97. The molecule has 1 heterocycles. The van der Waals surface area contributed by atoms with E-state index >= 15 is 0 Å². The molecule has 2 amide bonds. The molecule has 0 saturated carbocycles. The van der Waals surface area contributed by atoms with Gasteiger partial charge < -0.3 is 19.9 Å². The average Bonchev–Trinajstić information content (AvgIpc) is 2.92. The number of aliphatic carboxylic acids is 1. The zero-order valence-electron chi connectivity index (χ0n) is 12.7. The lowest BCUT2D eigenvalue weighted by atomic mass is 10.3. The first-order valence-corrected chi connectivity index (χ1v) is 6.83. The summed E-state index contributed by atoms with van der Waals surface area (Å²) < 4.78 is 5.32. The molecule has 2 rings (SSSR count). The van der Waals surface area contributed by atoms with Crippen LogP contribution in [0, 0.1) is 0 Å². The molecule has 2 aromatic rings. The van der Waals surface area contributed by atoms with E-state index in [4.69, 9.17) is 14.6 Å². The number of hydrogen-bond acceptors (Lipinski definition) is 6. The number of anilines is 2. The Labute approximate surface area is 141 Å². The maximum Gasteiger partial charge on any atom is 0.328 e. The van der Waals surface area contributed by atoms with Crippen LogP contribution < -0.4 is 10.6 Å². The van der Waals surface area contributed by atoms with E-state index in [1.54, 1.807) is 0 Å². The summed E-state index contributed by atoms with van der Waals surface area (Å²) in [6.45, 7) is 3.20. The number of fused-ring (bicyclic) bond motifs is 1. The smallest absolute Gasteiger partial charge is 0.328 e. The van der Waals surface area contributed by atoms with Crippen molar-refractivity contribution in [1.29, 1.82) is 0 Å². The largest absolute Gasteiger partial charge is 0.509 e. The molecule has 25 heavy (non-hydrogen) atoms. The van der Waals surface area contributed by atoms with Gasteiger partial charge >= 0.3 is 12.0 Å². The van der Waals surface area contributed by atoms with E-state index in [0.29, 0.717) is 22.9 Å². The monoisotopic (exact) mass is 343 g/mol. The summed E-state index contributed by atoms with van der Waals surface area (Å²) in [7, 11) is 0. The van der Waals surface area contributed by atoms with E-state index in [-0.39, 0.29) is 11.8 Å². The van der Waals surface area contributed by atoms with Gasteiger partial charge in [0.15, 0.2) is 5.58 Å². The van der Waals surface area contributed by atoms with Gasteiger partial charge in [-0.2, -0.15) is 4.98 Å². The van der Waals surface area contributed by atoms with Crippen LogP contribution in [0.15, 0.2) is 59.3 Å². The van der Waals surface area contributed by atoms with Crippen LogP contribution in [0.1, 0.15) is 0 Å². The highest BCUT2D eigenvalue weighted by atomic mass is 16.4. The summed E-state index contributed by atoms with van der Waals surface area (Å²) in [5.74, 6) is -2.70. The van der Waals surface area contributed by atoms with Crippen molar-refractivity contribution in [3.63, 3.8) is 0 Å². The molecule has 0 spiro atoms. The molecule has 0 aliphatic carbocycles. The van der Waals surface area contributed by atoms with E-state index in [9.17, 15) is 14.4 Å². The number of amides is 2. The molecule has 9 nitrogen and oxygen atoms in total. The van der Waals surface area contributed by atoms with Crippen molar-refractivity contribution in [2.24, 2.45) is 0 Å². The van der Waals surface area contributed by atoms with Crippen LogP contribution in [0.3, 0.4) is 0 Å². The van der Waals surface area contributed by atoms with Gasteiger partial charge in [-0.25, -0.2) is 4.79 Å². The Kier molecular flexibility index (Phi) is 5.31. The third kappa shape index (κ3) is 5.36. The number of rotatable bonds is 6. The SMILES string of the molecule is C=C(O)/C=C\C(=O)Nc1nc2cc(NC(=O)/C=C\C(=O)O)ccc2o1. The average molecular weight is 343 g/mol. The van der Waals surface area contributed by atoms with E-state index in [2.05, 4.69) is 22.2 Å². The van der Waals surface area contributed by atoms with E-state index in [1.165, 1.54) is 18.2 Å². The molecule has 128 valence electrons. The number of nitrogens with one attached hydrogen (secondary N) is 2. The molecule has 0 radical (unpaired) electrons. The Bertz CT molecular complexity index is 874. The number of hydrogen-bond donors (Lipinski definition) is 4. The first-order valence-electron chi connectivity index (χ1n) is 6.83. The van der Waals surface area contributed by atoms with Crippen molar-refractivity contribution >= 4 is 40.6 Å². The molecule has 0 aliphatic heterocycles. The highest BCUT2D eigenvalue weighted by Gasteiger charge is 2.09. The van der Waals surface area contributed by atoms with Gasteiger partial charge in [-0.1, -0.05) is 6.58 Å². The highest BCUT2D eigenvalue weighted by Crippen LogP contribution is 2.22. The van der Waals surface area contributed by atoms with Crippen molar-refractivity contribution in [3.8, 4) is 0 Å². The minimum absolute atomic E-state index is 0.0672. The molecule has 0 aliphatic rings. The Morgan fingerprint density at radius 3 is 2.40 bits per heavy atom. The summed E-state index contributed by atoms with van der Waals surface area (Å²) in [6.07, 6.45) is 3.75. The Morgan fingerprint density at radius 2 is 1.72 bits per heavy atom. The molecular formula is C16H13N3O6. The van der Waals surface area contributed by atoms with Gasteiger partial charge in [-0.3, -0.25) is 14.9 Å². The van der Waals surface area contributed by atoms with Crippen LogP contribution in [0.4, 0.5) is 11.7 Å². The van der Waals surface area contributed by atoms with Gasteiger partial charge in [0.25, 0.3) is 5.91 Å². The standard InChI is InChI=1S/C16H13N3O6/c1-9(20)2-5-14(22)19-16-18-11-8-10(3-4-12(11)25-16)17-13(21)6-7-15(23)24/h2-8,20H,1H2,(H,17,21)(H,23,24)(H,18,19,22)/b5-2-,7-6-. The second-order valence-corrected chi connectivity index (χ2v) is 4.68. The van der Waals surface area contributed by atoms with Crippen molar-refractivity contribution in [2.75, 3.05) is 10.6 Å². The van der Waals surface area contributed by atoms with Crippen LogP contribution in [-0.4, -0.2) is 33.0 Å². The van der Waals surface area contributed by atoms with Crippen LogP contribution in [0.5, 0.6) is 0 Å². The Balaban J connectivity index is 2.10. The number of carbonyl (C=O) groups is 3. The summed E-state index contributed by atoms with van der Waals surface area (Å²) in [5, 5.41) is 22.2. The van der Waals surface area contributed by atoms with Crippen LogP contribution >= 0.6 is 0 Å². The number of aliphatic hydroxyl groups is 1. The minimum atomic E-state index is -1.23. The summed E-state index contributed by atoms with van der Waals surface area (Å²) >= 11 is 0. The third-order valence-electron chi connectivity index (χ3n) is 2.69. The van der Waals surface area contributed by atoms with E-state index in [0.717, 1.165) is 18.2 Å².